The number of aryl methyl sites for hydroxylation is 1. The third kappa shape index (κ3) is 3.81. The number of nitrogens with one attached hydrogen (secondary N) is 1. The van der Waals surface area contributed by atoms with Crippen molar-refractivity contribution in [3.8, 4) is 0 Å². The number of aromatic nitrogens is 2. The maximum atomic E-state index is 12.6. The van der Waals surface area contributed by atoms with Crippen molar-refractivity contribution in [3.63, 3.8) is 0 Å². The maximum Gasteiger partial charge on any atom is 0.264 e. The molecule has 1 fully saturated rings. The number of thiophene rings is 1. The number of hydrogen-bond donors (Lipinski definition) is 1. The molecule has 3 heterocycles. The Morgan fingerprint density at radius 2 is 2.29 bits per heavy atom. The van der Waals surface area contributed by atoms with Gasteiger partial charge in [0.2, 0.25) is 11.0 Å². The SMILES string of the molecule is CCCCc1nnc(NC(=O)C2CCCN2C(=O)c2cccs2)s1. The Morgan fingerprint density at radius 3 is 3.04 bits per heavy atom. The summed E-state index contributed by atoms with van der Waals surface area (Å²) in [7, 11) is 0. The molecule has 6 nitrogen and oxygen atoms in total. The first-order valence-corrected chi connectivity index (χ1v) is 9.86. The van der Waals surface area contributed by atoms with Crippen LogP contribution in [0.1, 0.15) is 47.3 Å². The second-order valence-corrected chi connectivity index (χ2v) is 7.74. The smallest absolute Gasteiger partial charge is 0.264 e. The molecule has 2 amide bonds. The molecule has 8 heteroatoms. The number of carbonyl (C=O) groups is 2. The molecule has 1 unspecified atom stereocenters. The van der Waals surface area contributed by atoms with Crippen LogP contribution in [0.5, 0.6) is 0 Å². The minimum atomic E-state index is -0.428. The van der Waals surface area contributed by atoms with Gasteiger partial charge in [0, 0.05) is 13.0 Å². The molecular weight excluding hydrogens is 344 g/mol. The minimum Gasteiger partial charge on any atom is -0.326 e. The Labute approximate surface area is 148 Å². The number of anilines is 1. The van der Waals surface area contributed by atoms with E-state index in [1.54, 1.807) is 11.0 Å². The Hall–Kier alpha value is -1.80. The molecule has 2 aromatic rings. The molecule has 128 valence electrons. The zero-order chi connectivity index (χ0) is 16.9. The third-order valence-electron chi connectivity index (χ3n) is 3.99. The van der Waals surface area contributed by atoms with Gasteiger partial charge in [-0.1, -0.05) is 30.7 Å². The number of likely N-dealkylation sites (tertiary alicyclic amines) is 1. The lowest BCUT2D eigenvalue weighted by molar-refractivity contribution is -0.119. The normalized spacial score (nSPS) is 17.2. The predicted molar refractivity (Wildman–Crippen MR) is 95.5 cm³/mol. The van der Waals surface area contributed by atoms with Gasteiger partial charge in [0.1, 0.15) is 11.0 Å². The van der Waals surface area contributed by atoms with E-state index in [-0.39, 0.29) is 11.8 Å². The summed E-state index contributed by atoms with van der Waals surface area (Å²) in [5.74, 6) is -0.237. The van der Waals surface area contributed by atoms with E-state index in [4.69, 9.17) is 0 Å². The van der Waals surface area contributed by atoms with Crippen LogP contribution in [-0.4, -0.2) is 39.5 Å². The standard InChI is InChI=1S/C16H20N4O2S2/c1-2-3-8-13-18-19-16(24-13)17-14(21)11-6-4-9-20(11)15(22)12-7-5-10-23-12/h5,7,10-11H,2-4,6,8-9H2,1H3,(H,17,19,21). The summed E-state index contributed by atoms with van der Waals surface area (Å²) >= 11 is 2.82. The lowest BCUT2D eigenvalue weighted by atomic mass is 10.2. The summed E-state index contributed by atoms with van der Waals surface area (Å²) in [5, 5.41) is 14.3. The molecule has 0 aromatic carbocycles. The van der Waals surface area contributed by atoms with Crippen molar-refractivity contribution in [2.75, 3.05) is 11.9 Å². The van der Waals surface area contributed by atoms with Crippen LogP contribution in [0.25, 0.3) is 0 Å². The average Bonchev–Trinajstić information content (AvgIpc) is 3.32. The third-order valence-corrected chi connectivity index (χ3v) is 5.75. The van der Waals surface area contributed by atoms with Gasteiger partial charge in [-0.3, -0.25) is 14.9 Å². The first kappa shape index (κ1) is 17.0. The molecule has 0 aliphatic carbocycles. The van der Waals surface area contributed by atoms with E-state index in [0.29, 0.717) is 23.0 Å². The van der Waals surface area contributed by atoms with Crippen LogP contribution in [-0.2, 0) is 11.2 Å². The number of hydrogen-bond acceptors (Lipinski definition) is 6. The van der Waals surface area contributed by atoms with E-state index in [9.17, 15) is 9.59 Å². The summed E-state index contributed by atoms with van der Waals surface area (Å²) in [6.07, 6.45) is 4.57. The summed E-state index contributed by atoms with van der Waals surface area (Å²) in [4.78, 5) is 27.4. The molecule has 1 aliphatic rings. The molecular formula is C16H20N4O2S2. The maximum absolute atomic E-state index is 12.6. The van der Waals surface area contributed by atoms with Crippen LogP contribution in [0.3, 0.4) is 0 Å². The van der Waals surface area contributed by atoms with Gasteiger partial charge in [-0.2, -0.15) is 0 Å². The number of unbranched alkanes of at least 4 members (excludes halogenated alkanes) is 1. The fourth-order valence-electron chi connectivity index (χ4n) is 2.75. The number of nitrogens with zero attached hydrogens (tertiary/aromatic N) is 3. The van der Waals surface area contributed by atoms with Crippen molar-refractivity contribution in [2.24, 2.45) is 0 Å². The summed E-state index contributed by atoms with van der Waals surface area (Å²) in [6, 6.07) is 3.22. The summed E-state index contributed by atoms with van der Waals surface area (Å²) in [6.45, 7) is 2.75. The Morgan fingerprint density at radius 1 is 1.42 bits per heavy atom. The quantitative estimate of drug-likeness (QED) is 0.854. The lowest BCUT2D eigenvalue weighted by Gasteiger charge is -2.22. The Kier molecular flexibility index (Phi) is 5.57. The van der Waals surface area contributed by atoms with Gasteiger partial charge in [-0.25, -0.2) is 0 Å². The second-order valence-electron chi connectivity index (χ2n) is 5.73. The Balaban J connectivity index is 1.63. The van der Waals surface area contributed by atoms with E-state index >= 15 is 0 Å². The van der Waals surface area contributed by atoms with Gasteiger partial charge in [-0.05, 0) is 30.7 Å². The van der Waals surface area contributed by atoms with Crippen LogP contribution >= 0.6 is 22.7 Å². The lowest BCUT2D eigenvalue weighted by Crippen LogP contribution is -2.42. The molecule has 0 spiro atoms. The molecule has 2 aromatic heterocycles. The fraction of sp³-hybridized carbons (Fsp3) is 0.500. The van der Waals surface area contributed by atoms with Crippen LogP contribution in [0.4, 0.5) is 5.13 Å². The van der Waals surface area contributed by atoms with Gasteiger partial charge >= 0.3 is 0 Å². The predicted octanol–water partition coefficient (Wildman–Crippen LogP) is 3.19. The van der Waals surface area contributed by atoms with Crippen LogP contribution in [0.15, 0.2) is 17.5 Å². The largest absolute Gasteiger partial charge is 0.326 e. The van der Waals surface area contributed by atoms with Crippen molar-refractivity contribution in [3.05, 3.63) is 27.4 Å². The zero-order valence-electron chi connectivity index (χ0n) is 13.5. The highest BCUT2D eigenvalue weighted by Crippen LogP contribution is 2.24. The molecule has 3 rings (SSSR count). The number of carbonyl (C=O) groups excluding carboxylic acids is 2. The Bertz CT molecular complexity index is 699. The number of rotatable bonds is 6. The highest BCUT2D eigenvalue weighted by molar-refractivity contribution is 7.15. The van der Waals surface area contributed by atoms with Crippen molar-refractivity contribution in [1.82, 2.24) is 15.1 Å². The monoisotopic (exact) mass is 364 g/mol. The molecule has 1 atom stereocenters. The van der Waals surface area contributed by atoms with Gasteiger partial charge in [0.25, 0.3) is 5.91 Å². The highest BCUT2D eigenvalue weighted by atomic mass is 32.1. The van der Waals surface area contributed by atoms with Gasteiger partial charge in [0.05, 0.1) is 4.88 Å². The average molecular weight is 364 g/mol. The second kappa shape index (κ2) is 7.85. The molecule has 0 saturated carbocycles. The van der Waals surface area contributed by atoms with Crippen LogP contribution in [0.2, 0.25) is 0 Å². The van der Waals surface area contributed by atoms with E-state index in [1.165, 1.54) is 22.7 Å². The summed E-state index contributed by atoms with van der Waals surface area (Å²) < 4.78 is 0. The molecule has 0 radical (unpaired) electrons. The van der Waals surface area contributed by atoms with Gasteiger partial charge in [-0.15, -0.1) is 21.5 Å². The molecule has 1 saturated heterocycles. The van der Waals surface area contributed by atoms with Gasteiger partial charge < -0.3 is 4.90 Å². The number of amides is 2. The summed E-state index contributed by atoms with van der Waals surface area (Å²) in [5.41, 5.74) is 0. The zero-order valence-corrected chi connectivity index (χ0v) is 15.2. The van der Waals surface area contributed by atoms with E-state index < -0.39 is 6.04 Å². The van der Waals surface area contributed by atoms with Crippen molar-refractivity contribution in [1.29, 1.82) is 0 Å². The highest BCUT2D eigenvalue weighted by Gasteiger charge is 2.35. The van der Waals surface area contributed by atoms with Crippen LogP contribution in [0, 0.1) is 0 Å². The van der Waals surface area contributed by atoms with Crippen molar-refractivity contribution >= 4 is 39.6 Å². The molecule has 1 aliphatic heterocycles. The minimum absolute atomic E-state index is 0.0662. The molecule has 0 bridgehead atoms. The van der Waals surface area contributed by atoms with E-state index in [0.717, 1.165) is 30.7 Å². The topological polar surface area (TPSA) is 75.2 Å². The van der Waals surface area contributed by atoms with E-state index in [2.05, 4.69) is 22.4 Å². The van der Waals surface area contributed by atoms with E-state index in [1.807, 2.05) is 11.4 Å². The van der Waals surface area contributed by atoms with Crippen molar-refractivity contribution < 1.29 is 9.59 Å². The first-order chi connectivity index (χ1) is 11.7. The molecule has 1 N–H and O–H groups in total. The van der Waals surface area contributed by atoms with Crippen molar-refractivity contribution in [2.45, 2.75) is 45.1 Å². The van der Waals surface area contributed by atoms with Gasteiger partial charge in [0.15, 0.2) is 0 Å². The first-order valence-electron chi connectivity index (χ1n) is 8.16. The fourth-order valence-corrected chi connectivity index (χ4v) is 4.21. The van der Waals surface area contributed by atoms with Crippen LogP contribution < -0.4 is 5.32 Å². The molecule has 24 heavy (non-hydrogen) atoms.